The molecule has 0 fully saturated rings. The Morgan fingerprint density at radius 1 is 1.29 bits per heavy atom. The molecular weight excluding hydrogens is 308 g/mol. The van der Waals surface area contributed by atoms with Crippen LogP contribution in [-0.2, 0) is 0 Å². The molecule has 0 aliphatic rings. The molecule has 118 valence electrons. The van der Waals surface area contributed by atoms with E-state index in [9.17, 15) is 9.90 Å². The number of anilines is 2. The SMILES string of the molecule is Cc1cccc(Nc2nc3c(C(=O)O)nnn3c3cnccc23)c1. The van der Waals surface area contributed by atoms with Crippen LogP contribution in [0.5, 0.6) is 0 Å². The quantitative estimate of drug-likeness (QED) is 0.597. The number of fused-ring (bicyclic) bond motifs is 3. The van der Waals surface area contributed by atoms with E-state index >= 15 is 0 Å². The van der Waals surface area contributed by atoms with Gasteiger partial charge in [-0.05, 0) is 30.7 Å². The summed E-state index contributed by atoms with van der Waals surface area (Å²) in [5, 5.41) is 20.9. The van der Waals surface area contributed by atoms with Gasteiger partial charge in [0, 0.05) is 17.3 Å². The van der Waals surface area contributed by atoms with Gasteiger partial charge in [0.05, 0.1) is 11.7 Å². The topological polar surface area (TPSA) is 105 Å². The highest BCUT2D eigenvalue weighted by molar-refractivity contribution is 5.97. The number of rotatable bonds is 3. The molecular formula is C16H12N6O2. The van der Waals surface area contributed by atoms with Crippen LogP contribution in [0.4, 0.5) is 11.5 Å². The lowest BCUT2D eigenvalue weighted by molar-refractivity contribution is 0.0692. The molecule has 4 rings (SSSR count). The second kappa shape index (κ2) is 5.27. The van der Waals surface area contributed by atoms with E-state index in [0.29, 0.717) is 11.3 Å². The molecule has 0 aliphatic heterocycles. The fraction of sp³-hybridized carbons (Fsp3) is 0.0625. The van der Waals surface area contributed by atoms with Crippen LogP contribution < -0.4 is 5.32 Å². The third kappa shape index (κ3) is 2.21. The maximum atomic E-state index is 11.3. The van der Waals surface area contributed by atoms with Gasteiger partial charge in [0.25, 0.3) is 0 Å². The van der Waals surface area contributed by atoms with Crippen molar-refractivity contribution in [3.8, 4) is 0 Å². The van der Waals surface area contributed by atoms with Gasteiger partial charge in [-0.15, -0.1) is 5.10 Å². The molecule has 0 amide bonds. The van der Waals surface area contributed by atoms with Crippen molar-refractivity contribution in [1.29, 1.82) is 0 Å². The van der Waals surface area contributed by atoms with Gasteiger partial charge in [-0.25, -0.2) is 9.78 Å². The van der Waals surface area contributed by atoms with Crippen molar-refractivity contribution in [2.45, 2.75) is 6.92 Å². The van der Waals surface area contributed by atoms with Crippen LogP contribution in [-0.4, -0.2) is 35.9 Å². The minimum atomic E-state index is -1.18. The first-order valence-corrected chi connectivity index (χ1v) is 7.19. The Hall–Kier alpha value is -3.55. The van der Waals surface area contributed by atoms with E-state index in [-0.39, 0.29) is 11.3 Å². The van der Waals surface area contributed by atoms with E-state index < -0.39 is 5.97 Å². The van der Waals surface area contributed by atoms with Gasteiger partial charge in [0.15, 0.2) is 5.65 Å². The van der Waals surface area contributed by atoms with Gasteiger partial charge in [0.1, 0.15) is 5.82 Å². The number of aryl methyl sites for hydroxylation is 1. The zero-order valence-electron chi connectivity index (χ0n) is 12.6. The average molecular weight is 320 g/mol. The average Bonchev–Trinajstić information content (AvgIpc) is 2.99. The predicted octanol–water partition coefficient (Wildman–Crippen LogP) is 2.42. The van der Waals surface area contributed by atoms with Crippen molar-refractivity contribution in [2.75, 3.05) is 5.32 Å². The highest BCUT2D eigenvalue weighted by Crippen LogP contribution is 2.26. The number of carbonyl (C=O) groups is 1. The highest BCUT2D eigenvalue weighted by atomic mass is 16.4. The Kier molecular flexibility index (Phi) is 3.09. The zero-order chi connectivity index (χ0) is 16.7. The number of benzene rings is 1. The number of hydrogen-bond acceptors (Lipinski definition) is 6. The number of carboxylic acid groups (broad SMARTS) is 1. The summed E-state index contributed by atoms with van der Waals surface area (Å²) < 4.78 is 1.38. The molecule has 2 N–H and O–H groups in total. The maximum absolute atomic E-state index is 11.3. The monoisotopic (exact) mass is 320 g/mol. The summed E-state index contributed by atoms with van der Waals surface area (Å²) in [4.78, 5) is 19.9. The van der Waals surface area contributed by atoms with Crippen molar-refractivity contribution >= 4 is 34.0 Å². The van der Waals surface area contributed by atoms with Gasteiger partial charge in [-0.3, -0.25) is 4.98 Å². The Morgan fingerprint density at radius 2 is 2.17 bits per heavy atom. The molecule has 3 heterocycles. The van der Waals surface area contributed by atoms with E-state index in [0.717, 1.165) is 16.6 Å². The summed E-state index contributed by atoms with van der Waals surface area (Å²) >= 11 is 0. The lowest BCUT2D eigenvalue weighted by Crippen LogP contribution is -2.03. The number of pyridine rings is 1. The highest BCUT2D eigenvalue weighted by Gasteiger charge is 2.19. The molecule has 0 spiro atoms. The molecule has 0 bridgehead atoms. The summed E-state index contributed by atoms with van der Waals surface area (Å²) in [6, 6.07) is 9.61. The Morgan fingerprint density at radius 3 is 2.96 bits per heavy atom. The second-order valence-electron chi connectivity index (χ2n) is 5.33. The van der Waals surface area contributed by atoms with Crippen LogP contribution in [0.1, 0.15) is 16.1 Å². The Bertz CT molecular complexity index is 1090. The minimum Gasteiger partial charge on any atom is -0.476 e. The van der Waals surface area contributed by atoms with E-state index in [4.69, 9.17) is 0 Å². The number of aromatic nitrogens is 5. The van der Waals surface area contributed by atoms with Gasteiger partial charge in [-0.2, -0.15) is 4.52 Å². The number of hydrogen-bond donors (Lipinski definition) is 2. The molecule has 0 unspecified atom stereocenters. The van der Waals surface area contributed by atoms with Gasteiger partial charge < -0.3 is 10.4 Å². The number of nitrogens with one attached hydrogen (secondary N) is 1. The zero-order valence-corrected chi connectivity index (χ0v) is 12.6. The molecule has 0 saturated carbocycles. The Labute approximate surface area is 135 Å². The summed E-state index contributed by atoms with van der Waals surface area (Å²) in [7, 11) is 0. The first kappa shape index (κ1) is 14.1. The molecule has 0 aliphatic carbocycles. The predicted molar refractivity (Wildman–Crippen MR) is 87.5 cm³/mol. The molecule has 24 heavy (non-hydrogen) atoms. The molecule has 1 aromatic carbocycles. The normalized spacial score (nSPS) is 11.0. The first-order valence-electron chi connectivity index (χ1n) is 7.19. The van der Waals surface area contributed by atoms with E-state index in [1.54, 1.807) is 18.5 Å². The van der Waals surface area contributed by atoms with Crippen LogP contribution in [0.25, 0.3) is 16.6 Å². The summed E-state index contributed by atoms with van der Waals surface area (Å²) in [6.45, 7) is 1.99. The summed E-state index contributed by atoms with van der Waals surface area (Å²) in [6.07, 6.45) is 3.25. The van der Waals surface area contributed by atoms with Crippen LogP contribution in [0.15, 0.2) is 42.7 Å². The van der Waals surface area contributed by atoms with Crippen LogP contribution >= 0.6 is 0 Å². The van der Waals surface area contributed by atoms with E-state index in [1.165, 1.54) is 4.52 Å². The lowest BCUT2D eigenvalue weighted by atomic mass is 10.2. The van der Waals surface area contributed by atoms with E-state index in [1.807, 2.05) is 31.2 Å². The van der Waals surface area contributed by atoms with Crippen molar-refractivity contribution < 1.29 is 9.90 Å². The first-order chi connectivity index (χ1) is 11.6. The Balaban J connectivity index is 1.98. The van der Waals surface area contributed by atoms with Crippen molar-refractivity contribution in [3.63, 3.8) is 0 Å². The molecule has 0 radical (unpaired) electrons. The maximum Gasteiger partial charge on any atom is 0.360 e. The molecule has 0 saturated heterocycles. The van der Waals surface area contributed by atoms with Crippen LogP contribution in [0, 0.1) is 6.92 Å². The van der Waals surface area contributed by atoms with Gasteiger partial charge >= 0.3 is 5.97 Å². The van der Waals surface area contributed by atoms with Crippen molar-refractivity contribution in [1.82, 2.24) is 24.8 Å². The van der Waals surface area contributed by atoms with Gasteiger partial charge in [0.2, 0.25) is 5.69 Å². The largest absolute Gasteiger partial charge is 0.476 e. The molecule has 3 aromatic heterocycles. The van der Waals surface area contributed by atoms with Crippen LogP contribution in [0.3, 0.4) is 0 Å². The fourth-order valence-corrected chi connectivity index (χ4v) is 2.55. The molecule has 8 heteroatoms. The molecule has 4 aromatic rings. The number of carboxylic acids is 1. The summed E-state index contributed by atoms with van der Waals surface area (Å²) in [5.41, 5.74) is 2.54. The fourth-order valence-electron chi connectivity index (χ4n) is 2.55. The second-order valence-corrected chi connectivity index (χ2v) is 5.33. The lowest BCUT2D eigenvalue weighted by Gasteiger charge is -2.10. The smallest absolute Gasteiger partial charge is 0.360 e. The standard InChI is InChI=1S/C16H12N6O2/c1-9-3-2-4-10(7-9)18-14-11-5-6-17-8-12(11)22-15(19-14)13(16(23)24)20-21-22/h2-8H,1H3,(H,18,19)(H,23,24). The van der Waals surface area contributed by atoms with Crippen molar-refractivity contribution in [3.05, 3.63) is 54.0 Å². The number of nitrogens with zero attached hydrogens (tertiary/aromatic N) is 5. The number of aromatic carboxylic acids is 1. The minimum absolute atomic E-state index is 0.165. The van der Waals surface area contributed by atoms with Gasteiger partial charge in [-0.1, -0.05) is 17.3 Å². The summed E-state index contributed by atoms with van der Waals surface area (Å²) in [5.74, 6) is -0.655. The third-order valence-electron chi connectivity index (χ3n) is 3.63. The van der Waals surface area contributed by atoms with Crippen molar-refractivity contribution in [2.24, 2.45) is 0 Å². The molecule has 0 atom stereocenters. The van der Waals surface area contributed by atoms with Crippen LogP contribution in [0.2, 0.25) is 0 Å². The third-order valence-corrected chi connectivity index (χ3v) is 3.63. The van der Waals surface area contributed by atoms with E-state index in [2.05, 4.69) is 25.6 Å². The molecule has 8 nitrogen and oxygen atoms in total.